The summed E-state index contributed by atoms with van der Waals surface area (Å²) < 4.78 is 0. The summed E-state index contributed by atoms with van der Waals surface area (Å²) in [5.74, 6) is -5.37. The van der Waals surface area contributed by atoms with E-state index in [-0.39, 0.29) is 31.3 Å². The number of hydrogen-bond acceptors (Lipinski definition) is 7. The zero-order chi connectivity index (χ0) is 24.1. The second-order valence-electron chi connectivity index (χ2n) is 7.06. The molecular weight excluding hydrogens is 414 g/mol. The number of guanidine groups is 1. The topological polar surface area (TPSA) is 252 Å². The van der Waals surface area contributed by atoms with Crippen LogP contribution in [-0.2, 0) is 24.0 Å². The normalized spacial score (nSPS) is 13.4. The summed E-state index contributed by atoms with van der Waals surface area (Å²) in [6.07, 6.45) is -0.285. The molecule has 0 aromatic carbocycles. The SMILES string of the molecule is CC(C)C(NC(=O)CNC(=O)C(CCCN=C(N)N)NC(=O)C(N)CC(=O)O)C(=O)O. The molecule has 0 aromatic heterocycles. The van der Waals surface area contributed by atoms with Crippen LogP contribution in [0.1, 0.15) is 33.1 Å². The average molecular weight is 445 g/mol. The van der Waals surface area contributed by atoms with Gasteiger partial charge in [0.05, 0.1) is 19.0 Å². The molecule has 3 atom stereocenters. The Kier molecular flexibility index (Phi) is 12.2. The monoisotopic (exact) mass is 445 g/mol. The minimum atomic E-state index is -1.38. The Morgan fingerprint density at radius 1 is 1.00 bits per heavy atom. The van der Waals surface area contributed by atoms with Gasteiger partial charge in [0.15, 0.2) is 5.96 Å². The van der Waals surface area contributed by atoms with Gasteiger partial charge in [-0.3, -0.25) is 24.2 Å². The first-order valence-corrected chi connectivity index (χ1v) is 9.48. The predicted octanol–water partition coefficient (Wildman–Crippen LogP) is -3.33. The first-order valence-electron chi connectivity index (χ1n) is 9.48. The second kappa shape index (κ2) is 13.7. The second-order valence-corrected chi connectivity index (χ2v) is 7.06. The maximum Gasteiger partial charge on any atom is 0.326 e. The van der Waals surface area contributed by atoms with E-state index in [0.29, 0.717) is 0 Å². The highest BCUT2D eigenvalue weighted by atomic mass is 16.4. The van der Waals surface area contributed by atoms with Crippen LogP contribution >= 0.6 is 0 Å². The van der Waals surface area contributed by atoms with Gasteiger partial charge in [0.1, 0.15) is 12.1 Å². The summed E-state index contributed by atoms with van der Waals surface area (Å²) >= 11 is 0. The third kappa shape index (κ3) is 12.0. The number of hydrogen-bond donors (Lipinski definition) is 8. The number of carboxylic acids is 2. The largest absolute Gasteiger partial charge is 0.481 e. The number of nitrogens with two attached hydrogens (primary N) is 3. The molecule has 0 bridgehead atoms. The van der Waals surface area contributed by atoms with E-state index in [1.807, 2.05) is 0 Å². The molecular formula is C17H31N7O7. The zero-order valence-electron chi connectivity index (χ0n) is 17.5. The lowest BCUT2D eigenvalue weighted by molar-refractivity contribution is -0.143. The quantitative estimate of drug-likeness (QED) is 0.0749. The van der Waals surface area contributed by atoms with Crippen LogP contribution in [0.5, 0.6) is 0 Å². The van der Waals surface area contributed by atoms with Gasteiger partial charge in [-0.2, -0.15) is 0 Å². The number of nitrogens with zero attached hydrogens (tertiary/aromatic N) is 1. The van der Waals surface area contributed by atoms with Crippen LogP contribution in [-0.4, -0.2) is 77.0 Å². The number of rotatable bonds is 14. The molecule has 0 rings (SSSR count). The van der Waals surface area contributed by atoms with Gasteiger partial charge >= 0.3 is 11.9 Å². The molecule has 14 nitrogen and oxygen atoms in total. The lowest BCUT2D eigenvalue weighted by Crippen LogP contribution is -2.54. The zero-order valence-corrected chi connectivity index (χ0v) is 17.5. The van der Waals surface area contributed by atoms with E-state index in [0.717, 1.165) is 0 Å². The first kappa shape index (κ1) is 27.6. The Labute approximate surface area is 179 Å². The fourth-order valence-corrected chi connectivity index (χ4v) is 2.36. The van der Waals surface area contributed by atoms with Crippen molar-refractivity contribution in [2.45, 2.75) is 51.2 Å². The van der Waals surface area contributed by atoms with E-state index in [9.17, 15) is 24.0 Å². The van der Waals surface area contributed by atoms with Crippen LogP contribution in [0.3, 0.4) is 0 Å². The van der Waals surface area contributed by atoms with Gasteiger partial charge in [-0.15, -0.1) is 0 Å². The van der Waals surface area contributed by atoms with Gasteiger partial charge < -0.3 is 43.4 Å². The lowest BCUT2D eigenvalue weighted by Gasteiger charge is -2.21. The fourth-order valence-electron chi connectivity index (χ4n) is 2.36. The number of amides is 3. The lowest BCUT2D eigenvalue weighted by atomic mass is 10.0. The maximum atomic E-state index is 12.4. The van der Waals surface area contributed by atoms with Crippen LogP contribution in [0.2, 0.25) is 0 Å². The van der Waals surface area contributed by atoms with Crippen molar-refractivity contribution in [3.8, 4) is 0 Å². The van der Waals surface area contributed by atoms with Crippen molar-refractivity contribution in [2.75, 3.05) is 13.1 Å². The average Bonchev–Trinajstić information content (AvgIpc) is 2.64. The van der Waals surface area contributed by atoms with E-state index < -0.39 is 60.8 Å². The van der Waals surface area contributed by atoms with Gasteiger partial charge in [0, 0.05) is 6.54 Å². The first-order chi connectivity index (χ1) is 14.3. The van der Waals surface area contributed by atoms with E-state index in [4.69, 9.17) is 27.4 Å². The highest BCUT2D eigenvalue weighted by Gasteiger charge is 2.26. The molecule has 0 aromatic rings. The molecule has 0 aliphatic heterocycles. The number of carbonyl (C=O) groups excluding carboxylic acids is 3. The van der Waals surface area contributed by atoms with Crippen molar-refractivity contribution < 1.29 is 34.2 Å². The molecule has 3 amide bonds. The number of carbonyl (C=O) groups is 5. The van der Waals surface area contributed by atoms with Crippen LogP contribution in [0, 0.1) is 5.92 Å². The number of nitrogens with one attached hydrogen (secondary N) is 3. The predicted molar refractivity (Wildman–Crippen MR) is 109 cm³/mol. The Bertz CT molecular complexity index is 692. The Morgan fingerprint density at radius 3 is 2.10 bits per heavy atom. The number of aliphatic imine (C=N–C) groups is 1. The molecule has 3 unspecified atom stereocenters. The van der Waals surface area contributed by atoms with E-state index in [2.05, 4.69) is 20.9 Å². The van der Waals surface area contributed by atoms with Crippen molar-refractivity contribution >= 4 is 35.6 Å². The van der Waals surface area contributed by atoms with Crippen LogP contribution in [0.15, 0.2) is 4.99 Å². The summed E-state index contributed by atoms with van der Waals surface area (Å²) in [4.78, 5) is 62.1. The van der Waals surface area contributed by atoms with Gasteiger partial charge in [-0.05, 0) is 18.8 Å². The van der Waals surface area contributed by atoms with Gasteiger partial charge in [-0.25, -0.2) is 4.79 Å². The molecule has 0 saturated carbocycles. The van der Waals surface area contributed by atoms with Crippen LogP contribution in [0.25, 0.3) is 0 Å². The minimum Gasteiger partial charge on any atom is -0.481 e. The van der Waals surface area contributed by atoms with Crippen LogP contribution in [0.4, 0.5) is 0 Å². The van der Waals surface area contributed by atoms with E-state index in [1.165, 1.54) is 0 Å². The van der Waals surface area contributed by atoms with Crippen molar-refractivity contribution in [1.29, 1.82) is 0 Å². The summed E-state index contributed by atoms with van der Waals surface area (Å²) in [7, 11) is 0. The Hall–Kier alpha value is -3.42. The molecule has 176 valence electrons. The van der Waals surface area contributed by atoms with Crippen molar-refractivity contribution in [3.63, 3.8) is 0 Å². The molecule has 0 aliphatic carbocycles. The molecule has 14 heteroatoms. The standard InChI is InChI=1S/C17H31N7O7/c1-8(2)13(16(30)31)24-11(25)7-22-15(29)10(4-3-5-21-17(19)20)23-14(28)9(18)6-12(26)27/h8-10,13H,3-7,18H2,1-2H3,(H,22,29)(H,23,28)(H,24,25)(H,26,27)(H,30,31)(H4,19,20,21). The van der Waals surface area contributed by atoms with Crippen molar-refractivity contribution in [1.82, 2.24) is 16.0 Å². The molecule has 11 N–H and O–H groups in total. The molecule has 0 saturated heterocycles. The molecule has 0 radical (unpaired) electrons. The molecule has 31 heavy (non-hydrogen) atoms. The highest BCUT2D eigenvalue weighted by Crippen LogP contribution is 2.02. The molecule has 0 spiro atoms. The molecule has 0 heterocycles. The third-order valence-corrected chi connectivity index (χ3v) is 3.98. The van der Waals surface area contributed by atoms with E-state index in [1.54, 1.807) is 13.8 Å². The summed E-state index contributed by atoms with van der Waals surface area (Å²) in [6.45, 7) is 2.86. The maximum absolute atomic E-state index is 12.4. The van der Waals surface area contributed by atoms with Crippen molar-refractivity contribution in [2.24, 2.45) is 28.1 Å². The summed E-state index contributed by atoms with van der Waals surface area (Å²) in [5.41, 5.74) is 15.9. The number of aliphatic carboxylic acids is 2. The molecule has 0 aliphatic rings. The van der Waals surface area contributed by atoms with Gasteiger partial charge in [0.2, 0.25) is 17.7 Å². The number of carboxylic acid groups (broad SMARTS) is 2. The van der Waals surface area contributed by atoms with Gasteiger partial charge in [0.25, 0.3) is 0 Å². The Morgan fingerprint density at radius 2 is 1.61 bits per heavy atom. The Balaban J connectivity index is 4.99. The summed E-state index contributed by atoms with van der Waals surface area (Å²) in [6, 6.07) is -3.65. The van der Waals surface area contributed by atoms with E-state index >= 15 is 0 Å². The fraction of sp³-hybridized carbons (Fsp3) is 0.647. The molecule has 0 fully saturated rings. The summed E-state index contributed by atoms with van der Waals surface area (Å²) in [5, 5.41) is 24.8. The van der Waals surface area contributed by atoms with Crippen molar-refractivity contribution in [3.05, 3.63) is 0 Å². The highest BCUT2D eigenvalue weighted by molar-refractivity contribution is 5.93. The van der Waals surface area contributed by atoms with Crippen LogP contribution < -0.4 is 33.2 Å². The minimum absolute atomic E-state index is 0.0690. The smallest absolute Gasteiger partial charge is 0.326 e. The van der Waals surface area contributed by atoms with Gasteiger partial charge in [-0.1, -0.05) is 13.8 Å². The third-order valence-electron chi connectivity index (χ3n) is 3.98.